The third kappa shape index (κ3) is 5.08. The van der Waals surface area contributed by atoms with Crippen LogP contribution in [-0.2, 0) is 17.8 Å². The van der Waals surface area contributed by atoms with Gasteiger partial charge in [-0.2, -0.15) is 0 Å². The third-order valence-electron chi connectivity index (χ3n) is 3.47. The molecule has 0 spiro atoms. The standard InChI is InChI=1S/C18H22N2O.ClH/c1-14(2)20(13-16-6-4-3-5-7-16)18(21)12-15-8-10-17(19)11-9-15;/h3-11,14H,12-13,19H2,1-2H3;1H. The number of nitrogens with two attached hydrogens (primary N) is 1. The Bertz CT molecular complexity index is 582. The van der Waals surface area contributed by atoms with Gasteiger partial charge in [0.1, 0.15) is 0 Å². The number of amides is 1. The van der Waals surface area contributed by atoms with E-state index in [-0.39, 0.29) is 24.4 Å². The van der Waals surface area contributed by atoms with Crippen LogP contribution in [0.3, 0.4) is 0 Å². The zero-order chi connectivity index (χ0) is 15.2. The van der Waals surface area contributed by atoms with Crippen molar-refractivity contribution in [2.24, 2.45) is 0 Å². The molecule has 2 aromatic rings. The molecule has 0 unspecified atom stereocenters. The van der Waals surface area contributed by atoms with Gasteiger partial charge in [0.05, 0.1) is 6.42 Å². The first-order chi connectivity index (χ1) is 10.1. The highest BCUT2D eigenvalue weighted by atomic mass is 35.5. The van der Waals surface area contributed by atoms with Crippen molar-refractivity contribution in [3.63, 3.8) is 0 Å². The van der Waals surface area contributed by atoms with E-state index in [9.17, 15) is 4.79 Å². The van der Waals surface area contributed by atoms with E-state index in [1.165, 1.54) is 0 Å². The average molecular weight is 319 g/mol. The van der Waals surface area contributed by atoms with Gasteiger partial charge in [0, 0.05) is 18.3 Å². The second kappa shape index (κ2) is 8.44. The fourth-order valence-electron chi connectivity index (χ4n) is 2.25. The quantitative estimate of drug-likeness (QED) is 0.855. The van der Waals surface area contributed by atoms with Crippen LogP contribution in [-0.4, -0.2) is 16.8 Å². The number of benzene rings is 2. The molecule has 0 aromatic heterocycles. The fraction of sp³-hybridized carbons (Fsp3) is 0.278. The molecule has 4 heteroatoms. The summed E-state index contributed by atoms with van der Waals surface area (Å²) >= 11 is 0. The van der Waals surface area contributed by atoms with Gasteiger partial charge >= 0.3 is 0 Å². The van der Waals surface area contributed by atoms with Crippen LogP contribution in [0, 0.1) is 0 Å². The lowest BCUT2D eigenvalue weighted by Gasteiger charge is -2.27. The smallest absolute Gasteiger partial charge is 0.227 e. The predicted octanol–water partition coefficient (Wildman–Crippen LogP) is 3.67. The zero-order valence-electron chi connectivity index (χ0n) is 13.0. The molecular weight excluding hydrogens is 296 g/mol. The van der Waals surface area contributed by atoms with E-state index < -0.39 is 0 Å². The monoisotopic (exact) mass is 318 g/mol. The Morgan fingerprint density at radius 2 is 1.59 bits per heavy atom. The molecular formula is C18H23ClN2O. The van der Waals surface area contributed by atoms with Crippen molar-refractivity contribution in [2.45, 2.75) is 32.9 Å². The highest BCUT2D eigenvalue weighted by Gasteiger charge is 2.17. The summed E-state index contributed by atoms with van der Waals surface area (Å²) < 4.78 is 0. The fourth-order valence-corrected chi connectivity index (χ4v) is 2.25. The first kappa shape index (κ1) is 18.1. The summed E-state index contributed by atoms with van der Waals surface area (Å²) in [7, 11) is 0. The Balaban J connectivity index is 0.00000242. The van der Waals surface area contributed by atoms with Crippen LogP contribution in [0.1, 0.15) is 25.0 Å². The first-order valence-corrected chi connectivity index (χ1v) is 7.24. The van der Waals surface area contributed by atoms with Gasteiger partial charge in [0.15, 0.2) is 0 Å². The Morgan fingerprint density at radius 3 is 2.14 bits per heavy atom. The topological polar surface area (TPSA) is 46.3 Å². The number of halogens is 1. The molecule has 2 rings (SSSR count). The molecule has 0 saturated carbocycles. The molecule has 0 saturated heterocycles. The Morgan fingerprint density at radius 1 is 1.00 bits per heavy atom. The summed E-state index contributed by atoms with van der Waals surface area (Å²) in [5.74, 6) is 0.138. The Hall–Kier alpha value is -2.00. The van der Waals surface area contributed by atoms with Gasteiger partial charge in [-0.25, -0.2) is 0 Å². The van der Waals surface area contributed by atoms with Crippen molar-refractivity contribution in [1.29, 1.82) is 0 Å². The highest BCUT2D eigenvalue weighted by molar-refractivity contribution is 5.85. The van der Waals surface area contributed by atoms with Gasteiger partial charge in [-0.1, -0.05) is 42.5 Å². The van der Waals surface area contributed by atoms with E-state index in [4.69, 9.17) is 5.73 Å². The van der Waals surface area contributed by atoms with Crippen molar-refractivity contribution >= 4 is 24.0 Å². The van der Waals surface area contributed by atoms with E-state index in [1.807, 2.05) is 73.3 Å². The molecule has 2 aromatic carbocycles. The van der Waals surface area contributed by atoms with Crippen LogP contribution >= 0.6 is 12.4 Å². The minimum atomic E-state index is 0. The molecule has 0 fully saturated rings. The second-order valence-corrected chi connectivity index (χ2v) is 5.52. The molecule has 0 heterocycles. The van der Waals surface area contributed by atoms with Gasteiger partial charge in [-0.05, 0) is 37.1 Å². The molecule has 22 heavy (non-hydrogen) atoms. The summed E-state index contributed by atoms with van der Waals surface area (Å²) in [5, 5.41) is 0. The van der Waals surface area contributed by atoms with Gasteiger partial charge in [0.25, 0.3) is 0 Å². The molecule has 3 nitrogen and oxygen atoms in total. The van der Waals surface area contributed by atoms with Crippen LogP contribution in [0.4, 0.5) is 5.69 Å². The SMILES string of the molecule is CC(C)N(Cc1ccccc1)C(=O)Cc1ccc(N)cc1.Cl. The Kier molecular flexibility index (Phi) is 6.93. The lowest BCUT2D eigenvalue weighted by Crippen LogP contribution is -2.37. The highest BCUT2D eigenvalue weighted by Crippen LogP contribution is 2.12. The number of anilines is 1. The minimum absolute atomic E-state index is 0. The first-order valence-electron chi connectivity index (χ1n) is 7.24. The maximum absolute atomic E-state index is 12.5. The Labute approximate surface area is 138 Å². The molecule has 0 bridgehead atoms. The lowest BCUT2D eigenvalue weighted by molar-refractivity contribution is -0.132. The molecule has 1 amide bonds. The van der Waals surface area contributed by atoms with Gasteiger partial charge in [0.2, 0.25) is 5.91 Å². The third-order valence-corrected chi connectivity index (χ3v) is 3.47. The number of rotatable bonds is 5. The van der Waals surface area contributed by atoms with Crippen molar-refractivity contribution in [3.05, 3.63) is 65.7 Å². The molecule has 0 aliphatic rings. The van der Waals surface area contributed by atoms with E-state index >= 15 is 0 Å². The van der Waals surface area contributed by atoms with Crippen molar-refractivity contribution in [1.82, 2.24) is 4.90 Å². The van der Waals surface area contributed by atoms with Crippen molar-refractivity contribution in [3.8, 4) is 0 Å². The second-order valence-electron chi connectivity index (χ2n) is 5.52. The average Bonchev–Trinajstić information content (AvgIpc) is 2.48. The maximum Gasteiger partial charge on any atom is 0.227 e. The summed E-state index contributed by atoms with van der Waals surface area (Å²) in [6.45, 7) is 4.74. The summed E-state index contributed by atoms with van der Waals surface area (Å²) in [4.78, 5) is 14.4. The lowest BCUT2D eigenvalue weighted by atomic mass is 10.1. The zero-order valence-corrected chi connectivity index (χ0v) is 13.8. The van der Waals surface area contributed by atoms with E-state index in [0.717, 1.165) is 16.8 Å². The van der Waals surface area contributed by atoms with Crippen molar-refractivity contribution < 1.29 is 4.79 Å². The van der Waals surface area contributed by atoms with Gasteiger partial charge < -0.3 is 10.6 Å². The van der Waals surface area contributed by atoms with E-state index in [2.05, 4.69) is 0 Å². The molecule has 2 N–H and O–H groups in total. The normalized spacial score (nSPS) is 10.1. The van der Waals surface area contributed by atoms with Crippen LogP contribution in [0.15, 0.2) is 54.6 Å². The summed E-state index contributed by atoms with van der Waals surface area (Å²) in [6.07, 6.45) is 0.408. The van der Waals surface area contributed by atoms with Gasteiger partial charge in [-0.3, -0.25) is 4.79 Å². The maximum atomic E-state index is 12.5. The number of carbonyl (C=O) groups excluding carboxylic acids is 1. The number of nitrogens with zero attached hydrogens (tertiary/aromatic N) is 1. The van der Waals surface area contributed by atoms with Crippen LogP contribution < -0.4 is 5.73 Å². The molecule has 0 aliphatic carbocycles. The predicted molar refractivity (Wildman–Crippen MR) is 93.9 cm³/mol. The van der Waals surface area contributed by atoms with Crippen LogP contribution in [0.5, 0.6) is 0 Å². The summed E-state index contributed by atoms with van der Waals surface area (Å²) in [6, 6.07) is 17.7. The molecule has 0 radical (unpaired) electrons. The molecule has 0 atom stereocenters. The van der Waals surface area contributed by atoms with Crippen molar-refractivity contribution in [2.75, 3.05) is 5.73 Å². The number of carbonyl (C=O) groups is 1. The van der Waals surface area contributed by atoms with E-state index in [0.29, 0.717) is 13.0 Å². The minimum Gasteiger partial charge on any atom is -0.399 e. The molecule has 0 aliphatic heterocycles. The number of nitrogen functional groups attached to an aromatic ring is 1. The largest absolute Gasteiger partial charge is 0.399 e. The summed E-state index contributed by atoms with van der Waals surface area (Å²) in [5.41, 5.74) is 8.53. The van der Waals surface area contributed by atoms with E-state index in [1.54, 1.807) is 0 Å². The number of hydrogen-bond acceptors (Lipinski definition) is 2. The van der Waals surface area contributed by atoms with Crippen LogP contribution in [0.25, 0.3) is 0 Å². The van der Waals surface area contributed by atoms with Gasteiger partial charge in [-0.15, -0.1) is 12.4 Å². The van der Waals surface area contributed by atoms with Crippen LogP contribution in [0.2, 0.25) is 0 Å². The number of hydrogen-bond donors (Lipinski definition) is 1. The molecule has 118 valence electrons.